The van der Waals surface area contributed by atoms with Crippen LogP contribution in [0.25, 0.3) is 0 Å². The number of hydrogen-bond acceptors (Lipinski definition) is 2. The third-order valence-electron chi connectivity index (χ3n) is 1.90. The van der Waals surface area contributed by atoms with Gasteiger partial charge >= 0.3 is 0 Å². The molecule has 72 valence electrons. The maximum Gasteiger partial charge on any atom is 0.123 e. The van der Waals surface area contributed by atoms with Gasteiger partial charge < -0.3 is 16.0 Å². The molecule has 1 aromatic carbocycles. The van der Waals surface area contributed by atoms with Crippen LogP contribution in [0.3, 0.4) is 0 Å². The van der Waals surface area contributed by atoms with Gasteiger partial charge in [-0.25, -0.2) is 4.39 Å². The lowest BCUT2D eigenvalue weighted by Crippen LogP contribution is -1.92. The molecule has 4 heteroatoms. The van der Waals surface area contributed by atoms with Crippen molar-refractivity contribution in [1.82, 2.24) is 4.98 Å². The lowest BCUT2D eigenvalue weighted by Gasteiger charge is -2.04. The summed E-state index contributed by atoms with van der Waals surface area (Å²) in [5.74, 6) is -0.252. The molecule has 0 aliphatic heterocycles. The van der Waals surface area contributed by atoms with Gasteiger partial charge in [0.25, 0.3) is 0 Å². The van der Waals surface area contributed by atoms with Gasteiger partial charge in [-0.2, -0.15) is 0 Å². The fourth-order valence-electron chi connectivity index (χ4n) is 1.17. The molecule has 0 saturated heterocycles. The van der Waals surface area contributed by atoms with Crippen LogP contribution in [0, 0.1) is 5.82 Å². The van der Waals surface area contributed by atoms with Crippen molar-refractivity contribution in [3.63, 3.8) is 0 Å². The number of aromatic amines is 1. The molecule has 0 radical (unpaired) electrons. The van der Waals surface area contributed by atoms with Crippen LogP contribution >= 0.6 is 0 Å². The molecule has 0 aliphatic carbocycles. The molecule has 0 saturated carbocycles. The van der Waals surface area contributed by atoms with Crippen molar-refractivity contribution < 1.29 is 4.39 Å². The minimum absolute atomic E-state index is 0.252. The Labute approximate surface area is 80.8 Å². The third-order valence-corrected chi connectivity index (χ3v) is 1.90. The average molecular weight is 191 g/mol. The van der Waals surface area contributed by atoms with Gasteiger partial charge in [0.2, 0.25) is 0 Å². The number of nitrogen functional groups attached to an aromatic ring is 1. The second-order valence-corrected chi connectivity index (χ2v) is 2.96. The highest BCUT2D eigenvalue weighted by molar-refractivity contribution is 5.71. The van der Waals surface area contributed by atoms with Gasteiger partial charge in [-0.1, -0.05) is 0 Å². The Bertz CT molecular complexity index is 419. The van der Waals surface area contributed by atoms with Crippen molar-refractivity contribution in [2.45, 2.75) is 0 Å². The Hall–Kier alpha value is -1.97. The highest BCUT2D eigenvalue weighted by Crippen LogP contribution is 2.21. The van der Waals surface area contributed by atoms with Crippen LogP contribution in [0.2, 0.25) is 0 Å². The van der Waals surface area contributed by atoms with Crippen LogP contribution in [0.1, 0.15) is 0 Å². The summed E-state index contributed by atoms with van der Waals surface area (Å²) >= 11 is 0. The first-order valence-corrected chi connectivity index (χ1v) is 4.20. The first kappa shape index (κ1) is 8.62. The van der Waals surface area contributed by atoms with Gasteiger partial charge in [0.15, 0.2) is 0 Å². The molecule has 0 bridgehead atoms. The molecule has 0 unspecified atom stereocenters. The van der Waals surface area contributed by atoms with Gasteiger partial charge in [-0.3, -0.25) is 0 Å². The molecular formula is C10H10FN3. The van der Waals surface area contributed by atoms with Crippen molar-refractivity contribution in [2.24, 2.45) is 0 Å². The summed E-state index contributed by atoms with van der Waals surface area (Å²) < 4.78 is 12.6. The Morgan fingerprint density at radius 1 is 1.14 bits per heavy atom. The smallest absolute Gasteiger partial charge is 0.123 e. The van der Waals surface area contributed by atoms with E-state index in [4.69, 9.17) is 5.73 Å². The third kappa shape index (κ3) is 1.69. The Morgan fingerprint density at radius 3 is 2.43 bits per heavy atom. The van der Waals surface area contributed by atoms with Gasteiger partial charge in [0, 0.05) is 18.1 Å². The summed E-state index contributed by atoms with van der Waals surface area (Å²) in [5, 5.41) is 3.06. The highest BCUT2D eigenvalue weighted by Gasteiger charge is 1.99. The molecule has 2 aromatic rings. The molecule has 0 aliphatic rings. The zero-order valence-electron chi connectivity index (χ0n) is 7.42. The fraction of sp³-hybridized carbons (Fsp3) is 0. The van der Waals surface area contributed by atoms with Gasteiger partial charge in [-0.05, 0) is 24.3 Å². The number of benzene rings is 1. The normalized spacial score (nSPS) is 10.1. The monoisotopic (exact) mass is 191 g/mol. The molecule has 0 fully saturated rings. The predicted octanol–water partition coefficient (Wildman–Crippen LogP) is 2.48. The highest BCUT2D eigenvalue weighted by atomic mass is 19.1. The van der Waals surface area contributed by atoms with Gasteiger partial charge in [0.1, 0.15) is 5.82 Å². The van der Waals surface area contributed by atoms with E-state index in [0.29, 0.717) is 5.69 Å². The first-order chi connectivity index (χ1) is 6.75. The van der Waals surface area contributed by atoms with E-state index in [1.807, 2.05) is 0 Å². The van der Waals surface area contributed by atoms with E-state index in [9.17, 15) is 4.39 Å². The van der Waals surface area contributed by atoms with Crippen molar-refractivity contribution in [3.05, 3.63) is 42.5 Å². The maximum absolute atomic E-state index is 12.6. The molecule has 1 heterocycles. The van der Waals surface area contributed by atoms with Crippen LogP contribution in [-0.2, 0) is 0 Å². The number of halogens is 1. The molecule has 1 aromatic heterocycles. The minimum Gasteiger partial charge on any atom is -0.396 e. The molecular weight excluding hydrogens is 181 g/mol. The first-order valence-electron chi connectivity index (χ1n) is 4.20. The SMILES string of the molecule is Nc1c[nH]cc1Nc1ccc(F)cc1. The maximum atomic E-state index is 12.6. The number of nitrogens with one attached hydrogen (secondary N) is 2. The topological polar surface area (TPSA) is 53.8 Å². The summed E-state index contributed by atoms with van der Waals surface area (Å²) in [4.78, 5) is 2.87. The molecule has 0 atom stereocenters. The van der Waals surface area contributed by atoms with E-state index in [1.165, 1.54) is 12.1 Å². The minimum atomic E-state index is -0.252. The molecule has 0 amide bonds. The van der Waals surface area contributed by atoms with E-state index >= 15 is 0 Å². The number of H-pyrrole nitrogens is 1. The van der Waals surface area contributed by atoms with Crippen molar-refractivity contribution in [1.29, 1.82) is 0 Å². The lowest BCUT2D eigenvalue weighted by molar-refractivity contribution is 0.628. The molecule has 3 nitrogen and oxygen atoms in total. The molecule has 0 spiro atoms. The second-order valence-electron chi connectivity index (χ2n) is 2.96. The number of rotatable bonds is 2. The Kier molecular flexibility index (Phi) is 2.10. The van der Waals surface area contributed by atoms with Gasteiger partial charge in [-0.15, -0.1) is 0 Å². The van der Waals surface area contributed by atoms with Crippen molar-refractivity contribution >= 4 is 17.1 Å². The van der Waals surface area contributed by atoms with Crippen LogP contribution in [0.5, 0.6) is 0 Å². The number of aromatic nitrogens is 1. The Balaban J connectivity index is 2.19. The molecule has 4 N–H and O–H groups in total. The zero-order valence-corrected chi connectivity index (χ0v) is 7.42. The summed E-state index contributed by atoms with van der Waals surface area (Å²) in [5.41, 5.74) is 7.88. The van der Waals surface area contributed by atoms with E-state index in [1.54, 1.807) is 24.5 Å². The van der Waals surface area contributed by atoms with Crippen LogP contribution < -0.4 is 11.1 Å². The van der Waals surface area contributed by atoms with Crippen LogP contribution in [-0.4, -0.2) is 4.98 Å². The zero-order chi connectivity index (χ0) is 9.97. The van der Waals surface area contributed by atoms with E-state index in [-0.39, 0.29) is 5.82 Å². The quantitative estimate of drug-likeness (QED) is 0.683. The summed E-state index contributed by atoms with van der Waals surface area (Å²) in [6.07, 6.45) is 3.44. The molecule has 2 rings (SSSR count). The van der Waals surface area contributed by atoms with Crippen molar-refractivity contribution in [3.8, 4) is 0 Å². The molecule has 14 heavy (non-hydrogen) atoms. The fourth-order valence-corrected chi connectivity index (χ4v) is 1.17. The number of anilines is 3. The average Bonchev–Trinajstić information content (AvgIpc) is 2.56. The number of nitrogens with two attached hydrogens (primary N) is 1. The van der Waals surface area contributed by atoms with Gasteiger partial charge in [0.05, 0.1) is 11.4 Å². The van der Waals surface area contributed by atoms with E-state index in [2.05, 4.69) is 10.3 Å². The van der Waals surface area contributed by atoms with Crippen molar-refractivity contribution in [2.75, 3.05) is 11.1 Å². The number of hydrogen-bond donors (Lipinski definition) is 3. The summed E-state index contributed by atoms with van der Waals surface area (Å²) in [6, 6.07) is 6.10. The van der Waals surface area contributed by atoms with Crippen LogP contribution in [0.15, 0.2) is 36.7 Å². The van der Waals surface area contributed by atoms with Crippen LogP contribution in [0.4, 0.5) is 21.5 Å². The summed E-state index contributed by atoms with van der Waals surface area (Å²) in [6.45, 7) is 0. The lowest BCUT2D eigenvalue weighted by atomic mass is 10.3. The Morgan fingerprint density at radius 2 is 1.86 bits per heavy atom. The largest absolute Gasteiger partial charge is 0.396 e. The second kappa shape index (κ2) is 3.41. The standard InChI is InChI=1S/C10H10FN3/c11-7-1-3-8(4-2-7)14-10-6-13-5-9(10)12/h1-6,13-14H,12H2. The van der Waals surface area contributed by atoms with E-state index < -0.39 is 0 Å². The predicted molar refractivity (Wildman–Crippen MR) is 54.9 cm³/mol. The summed E-state index contributed by atoms with van der Waals surface area (Å²) in [7, 11) is 0. The van der Waals surface area contributed by atoms with E-state index in [0.717, 1.165) is 11.4 Å².